The number of carbonyl (C=O) groups is 1. The van der Waals surface area contributed by atoms with Gasteiger partial charge in [0.15, 0.2) is 5.82 Å². The van der Waals surface area contributed by atoms with Crippen molar-refractivity contribution in [2.24, 2.45) is 0 Å². The molecular weight excluding hydrogens is 352 g/mol. The molecule has 25 heavy (non-hydrogen) atoms. The Morgan fingerprint density at radius 3 is 2.80 bits per heavy atom. The number of pyridine rings is 1. The van der Waals surface area contributed by atoms with Gasteiger partial charge in [-0.3, -0.25) is 4.79 Å². The average Bonchev–Trinajstić information content (AvgIpc) is 3.00. The smallest absolute Gasteiger partial charge is 0.201 e. The van der Waals surface area contributed by atoms with Gasteiger partial charge in [-0.05, 0) is 18.2 Å². The highest BCUT2D eigenvalue weighted by molar-refractivity contribution is 7.85. The SMILES string of the molecule is COc1cnc2[nH]cc(C(=O)c3c(F)ccc(NS(C)=O)c3F)c2c1. The number of rotatable bonds is 5. The number of halogens is 2. The van der Waals surface area contributed by atoms with E-state index in [0.29, 0.717) is 16.8 Å². The number of hydrogen-bond donors (Lipinski definition) is 2. The maximum Gasteiger partial charge on any atom is 0.201 e. The van der Waals surface area contributed by atoms with Crippen molar-refractivity contribution in [3.8, 4) is 5.75 Å². The highest BCUT2D eigenvalue weighted by Gasteiger charge is 2.24. The van der Waals surface area contributed by atoms with Crippen LogP contribution in [0.4, 0.5) is 14.5 Å². The molecule has 0 aliphatic carbocycles. The van der Waals surface area contributed by atoms with Gasteiger partial charge in [0, 0.05) is 23.4 Å². The van der Waals surface area contributed by atoms with Crippen LogP contribution in [0.15, 0.2) is 30.6 Å². The highest BCUT2D eigenvalue weighted by atomic mass is 32.2. The van der Waals surface area contributed by atoms with Crippen LogP contribution in [-0.4, -0.2) is 33.3 Å². The molecule has 0 radical (unpaired) electrons. The Labute approximate surface area is 143 Å². The van der Waals surface area contributed by atoms with E-state index < -0.39 is 34.0 Å². The molecule has 0 aliphatic heterocycles. The predicted octanol–water partition coefficient (Wildman–Crippen LogP) is 2.79. The summed E-state index contributed by atoms with van der Waals surface area (Å²) < 4.78 is 47.3. The number of ether oxygens (including phenoxy) is 1. The van der Waals surface area contributed by atoms with Crippen LogP contribution in [0, 0.1) is 11.6 Å². The first-order valence-corrected chi connectivity index (χ1v) is 8.62. The van der Waals surface area contributed by atoms with E-state index in [1.54, 1.807) is 6.07 Å². The van der Waals surface area contributed by atoms with Gasteiger partial charge in [-0.1, -0.05) is 0 Å². The second kappa shape index (κ2) is 6.60. The Morgan fingerprint density at radius 2 is 2.12 bits per heavy atom. The van der Waals surface area contributed by atoms with E-state index in [9.17, 15) is 17.8 Å². The number of carbonyl (C=O) groups excluding carboxylic acids is 1. The minimum Gasteiger partial charge on any atom is -0.495 e. The number of anilines is 1. The van der Waals surface area contributed by atoms with Crippen molar-refractivity contribution < 1.29 is 22.5 Å². The summed E-state index contributed by atoms with van der Waals surface area (Å²) >= 11 is 0. The number of nitrogens with one attached hydrogen (secondary N) is 2. The van der Waals surface area contributed by atoms with Gasteiger partial charge >= 0.3 is 0 Å². The quantitative estimate of drug-likeness (QED) is 0.681. The van der Waals surface area contributed by atoms with Crippen LogP contribution in [0.25, 0.3) is 11.0 Å². The Balaban J connectivity index is 2.14. The lowest BCUT2D eigenvalue weighted by atomic mass is 10.0. The van der Waals surface area contributed by atoms with E-state index in [1.807, 2.05) is 0 Å². The summed E-state index contributed by atoms with van der Waals surface area (Å²) in [4.78, 5) is 19.6. The highest BCUT2D eigenvalue weighted by Crippen LogP contribution is 2.28. The number of ketones is 1. The molecule has 0 saturated heterocycles. The standard InChI is InChI=1S/C16H13F2N3O3S/c1-24-8-5-9-10(7-20-16(9)19-6-8)15(22)13-11(17)3-4-12(14(13)18)21-25(2)23/h3-7,21H,1-2H3,(H,19,20). The Bertz CT molecular complexity index is 1000. The summed E-state index contributed by atoms with van der Waals surface area (Å²) in [7, 11) is -0.134. The monoisotopic (exact) mass is 365 g/mol. The van der Waals surface area contributed by atoms with Crippen molar-refractivity contribution in [3.05, 3.63) is 53.4 Å². The molecule has 1 unspecified atom stereocenters. The molecule has 2 heterocycles. The Morgan fingerprint density at radius 1 is 1.36 bits per heavy atom. The molecule has 3 aromatic rings. The van der Waals surface area contributed by atoms with E-state index in [2.05, 4.69) is 14.7 Å². The van der Waals surface area contributed by atoms with E-state index >= 15 is 0 Å². The molecule has 0 fully saturated rings. The molecule has 130 valence electrons. The van der Waals surface area contributed by atoms with Crippen LogP contribution in [-0.2, 0) is 11.0 Å². The lowest BCUT2D eigenvalue weighted by Crippen LogP contribution is -2.11. The number of fused-ring (bicyclic) bond motifs is 1. The fourth-order valence-corrected chi connectivity index (χ4v) is 2.88. The molecule has 2 N–H and O–H groups in total. The first-order chi connectivity index (χ1) is 11.9. The largest absolute Gasteiger partial charge is 0.495 e. The average molecular weight is 365 g/mol. The molecule has 6 nitrogen and oxygen atoms in total. The topological polar surface area (TPSA) is 84.1 Å². The Hall–Kier alpha value is -2.81. The fraction of sp³-hybridized carbons (Fsp3) is 0.125. The van der Waals surface area contributed by atoms with E-state index in [4.69, 9.17) is 4.74 Å². The predicted molar refractivity (Wildman–Crippen MR) is 90.1 cm³/mol. The van der Waals surface area contributed by atoms with Crippen LogP contribution < -0.4 is 9.46 Å². The van der Waals surface area contributed by atoms with Gasteiger partial charge < -0.3 is 14.4 Å². The van der Waals surface area contributed by atoms with Gasteiger partial charge in [0.25, 0.3) is 0 Å². The first kappa shape index (κ1) is 17.0. The molecule has 1 atom stereocenters. The van der Waals surface area contributed by atoms with Crippen molar-refractivity contribution in [1.29, 1.82) is 0 Å². The molecular formula is C16H13F2N3O3S. The third-order valence-electron chi connectivity index (χ3n) is 3.56. The molecule has 2 aromatic heterocycles. The minimum absolute atomic E-state index is 0.0500. The van der Waals surface area contributed by atoms with Gasteiger partial charge in [-0.15, -0.1) is 0 Å². The molecule has 3 rings (SSSR count). The van der Waals surface area contributed by atoms with Crippen molar-refractivity contribution >= 4 is 33.5 Å². The third-order valence-corrected chi connectivity index (χ3v) is 4.07. The summed E-state index contributed by atoms with van der Waals surface area (Å²) in [5.41, 5.74) is -0.525. The number of hydrogen-bond acceptors (Lipinski definition) is 4. The zero-order valence-corrected chi connectivity index (χ0v) is 14.0. The second-order valence-electron chi connectivity index (χ2n) is 5.14. The molecule has 0 amide bonds. The van der Waals surface area contributed by atoms with Crippen molar-refractivity contribution in [2.45, 2.75) is 0 Å². The second-order valence-corrected chi connectivity index (χ2v) is 6.26. The van der Waals surface area contributed by atoms with Crippen LogP contribution in [0.2, 0.25) is 0 Å². The van der Waals surface area contributed by atoms with Gasteiger partial charge in [-0.25, -0.2) is 18.0 Å². The fourth-order valence-electron chi connectivity index (χ4n) is 2.41. The van der Waals surface area contributed by atoms with Gasteiger partial charge in [0.05, 0.1) is 24.6 Å². The van der Waals surface area contributed by atoms with Crippen LogP contribution in [0.5, 0.6) is 5.75 Å². The molecule has 1 aromatic carbocycles. The molecule has 0 saturated carbocycles. The minimum atomic E-state index is -1.57. The maximum atomic E-state index is 14.6. The summed E-state index contributed by atoms with van der Waals surface area (Å²) in [5.74, 6) is -2.58. The maximum absolute atomic E-state index is 14.6. The van der Waals surface area contributed by atoms with E-state index in [1.165, 1.54) is 25.8 Å². The van der Waals surface area contributed by atoms with Gasteiger partial charge in [0.2, 0.25) is 5.78 Å². The summed E-state index contributed by atoms with van der Waals surface area (Å²) in [6.45, 7) is 0. The first-order valence-electron chi connectivity index (χ1n) is 7.06. The molecule has 0 spiro atoms. The third kappa shape index (κ3) is 3.10. The number of H-pyrrole nitrogens is 1. The molecule has 9 heteroatoms. The number of aromatic nitrogens is 2. The number of benzene rings is 1. The summed E-state index contributed by atoms with van der Waals surface area (Å²) in [5, 5.41) is 0.376. The summed E-state index contributed by atoms with van der Waals surface area (Å²) in [6, 6.07) is 3.58. The Kier molecular flexibility index (Phi) is 4.49. The van der Waals surface area contributed by atoms with Gasteiger partial charge in [-0.2, -0.15) is 0 Å². The zero-order valence-electron chi connectivity index (χ0n) is 13.2. The van der Waals surface area contributed by atoms with Crippen molar-refractivity contribution in [1.82, 2.24) is 9.97 Å². The lowest BCUT2D eigenvalue weighted by molar-refractivity contribution is 0.103. The van der Waals surface area contributed by atoms with Crippen LogP contribution >= 0.6 is 0 Å². The van der Waals surface area contributed by atoms with E-state index in [0.717, 1.165) is 12.1 Å². The van der Waals surface area contributed by atoms with Crippen LogP contribution in [0.3, 0.4) is 0 Å². The lowest BCUT2D eigenvalue weighted by Gasteiger charge is -2.09. The number of methoxy groups -OCH3 is 1. The van der Waals surface area contributed by atoms with Crippen molar-refractivity contribution in [3.63, 3.8) is 0 Å². The van der Waals surface area contributed by atoms with E-state index in [-0.39, 0.29) is 11.3 Å². The van der Waals surface area contributed by atoms with Crippen LogP contribution in [0.1, 0.15) is 15.9 Å². The van der Waals surface area contributed by atoms with Crippen molar-refractivity contribution in [2.75, 3.05) is 18.1 Å². The zero-order chi connectivity index (χ0) is 18.1. The summed E-state index contributed by atoms with van der Waals surface area (Å²) in [6.07, 6.45) is 4.08. The number of nitrogens with zero attached hydrogens (tertiary/aromatic N) is 1. The number of aromatic amines is 1. The molecule has 0 bridgehead atoms. The van der Waals surface area contributed by atoms with Gasteiger partial charge in [0.1, 0.15) is 28.2 Å². The normalized spacial score (nSPS) is 12.2. The molecule has 0 aliphatic rings.